The second kappa shape index (κ2) is 3.01. The third-order valence-electron chi connectivity index (χ3n) is 1.40. The highest BCUT2D eigenvalue weighted by atomic mass is 14.5. The molecule has 0 aliphatic carbocycles. The largest absolute Gasteiger partial charge is 0.399 e. The average molecular weight is 146 g/mol. The molecular weight excluding hydrogens is 136 g/mol. The summed E-state index contributed by atoms with van der Waals surface area (Å²) in [4.78, 5) is 0. The normalized spacial score (nSPS) is 9.09. The van der Waals surface area contributed by atoms with Crippen LogP contribution in [0.5, 0.6) is 0 Å². The second-order valence-corrected chi connectivity index (χ2v) is 2.24. The van der Waals surface area contributed by atoms with Crippen LogP contribution in [0.2, 0.25) is 0 Å². The molecule has 0 aliphatic rings. The van der Waals surface area contributed by atoms with Gasteiger partial charge in [0.15, 0.2) is 0 Å². The molecule has 0 radical (unpaired) electrons. The van der Waals surface area contributed by atoms with E-state index >= 15 is 0 Å². The predicted molar refractivity (Wildman–Crippen MR) is 47.9 cm³/mol. The predicted octanol–water partition coefficient (Wildman–Crippen LogP) is 1.82. The van der Waals surface area contributed by atoms with Crippen molar-refractivity contribution in [2.24, 2.45) is 0 Å². The van der Waals surface area contributed by atoms with Gasteiger partial charge in [-0.2, -0.15) is 0 Å². The van der Waals surface area contributed by atoms with E-state index in [9.17, 15) is 0 Å². The fraction of sp³-hybridized carbons (Fsp3) is 0. The molecule has 0 amide bonds. The first-order valence-electron chi connectivity index (χ1n) is 3.31. The fourth-order valence-corrected chi connectivity index (χ4v) is 0.824. The number of nitrogen functional groups attached to an aromatic ring is 1. The molecule has 0 unspecified atom stereocenters. The van der Waals surface area contributed by atoms with Gasteiger partial charge in [0.1, 0.15) is 0 Å². The molecule has 11 heavy (non-hydrogen) atoms. The fourth-order valence-electron chi connectivity index (χ4n) is 0.824. The lowest BCUT2D eigenvalue weighted by atomic mass is 10.1. The van der Waals surface area contributed by atoms with Crippen LogP contribution in [-0.2, 0) is 0 Å². The Bertz CT molecular complexity index is 289. The standard InChI is InChI=1S/C9H10N2/c1-2-9(11)7-4-3-5-8(10)6-7/h2-6,11H,1,10H2. The average Bonchev–Trinajstić information content (AvgIpc) is 2.03. The van der Waals surface area contributed by atoms with Crippen molar-refractivity contribution in [2.45, 2.75) is 0 Å². The van der Waals surface area contributed by atoms with Gasteiger partial charge < -0.3 is 11.1 Å². The van der Waals surface area contributed by atoms with Crippen molar-refractivity contribution in [3.8, 4) is 0 Å². The molecule has 0 aromatic heterocycles. The highest BCUT2D eigenvalue weighted by molar-refractivity contribution is 6.06. The monoisotopic (exact) mass is 146 g/mol. The van der Waals surface area contributed by atoms with E-state index in [4.69, 9.17) is 11.1 Å². The van der Waals surface area contributed by atoms with Gasteiger partial charge in [-0.1, -0.05) is 18.7 Å². The lowest BCUT2D eigenvalue weighted by molar-refractivity contribution is 1.49. The van der Waals surface area contributed by atoms with Crippen LogP contribution in [0.4, 0.5) is 5.69 Å². The molecule has 0 spiro atoms. The van der Waals surface area contributed by atoms with Gasteiger partial charge in [0.25, 0.3) is 0 Å². The Labute approximate surface area is 65.9 Å². The summed E-state index contributed by atoms with van der Waals surface area (Å²) in [5.74, 6) is 0. The van der Waals surface area contributed by atoms with Crippen LogP contribution in [0.25, 0.3) is 0 Å². The van der Waals surface area contributed by atoms with Crippen molar-refractivity contribution in [1.82, 2.24) is 0 Å². The minimum absolute atomic E-state index is 0.400. The number of allylic oxidation sites excluding steroid dienone is 1. The lowest BCUT2D eigenvalue weighted by Crippen LogP contribution is -1.94. The van der Waals surface area contributed by atoms with E-state index in [1.54, 1.807) is 12.1 Å². The summed E-state index contributed by atoms with van der Waals surface area (Å²) in [5.41, 5.74) is 7.40. The molecule has 2 nitrogen and oxygen atoms in total. The Kier molecular flexibility index (Phi) is 2.06. The summed E-state index contributed by atoms with van der Waals surface area (Å²) in [5, 5.41) is 7.40. The zero-order valence-corrected chi connectivity index (χ0v) is 6.17. The van der Waals surface area contributed by atoms with Crippen LogP contribution < -0.4 is 5.73 Å². The zero-order chi connectivity index (χ0) is 8.27. The first-order valence-corrected chi connectivity index (χ1v) is 3.31. The summed E-state index contributed by atoms with van der Waals surface area (Å²) in [6, 6.07) is 7.20. The first kappa shape index (κ1) is 7.54. The molecule has 0 atom stereocenters. The molecular formula is C9H10N2. The van der Waals surface area contributed by atoms with E-state index in [0.717, 1.165) is 5.56 Å². The van der Waals surface area contributed by atoms with E-state index in [-0.39, 0.29) is 0 Å². The molecule has 0 aliphatic heterocycles. The van der Waals surface area contributed by atoms with E-state index < -0.39 is 0 Å². The van der Waals surface area contributed by atoms with Gasteiger partial charge in [0.2, 0.25) is 0 Å². The van der Waals surface area contributed by atoms with Crippen molar-refractivity contribution in [2.75, 3.05) is 5.73 Å². The number of rotatable bonds is 2. The van der Waals surface area contributed by atoms with Crippen molar-refractivity contribution in [3.05, 3.63) is 42.5 Å². The maximum atomic E-state index is 7.40. The maximum absolute atomic E-state index is 7.40. The Balaban J connectivity index is 3.05. The Hall–Kier alpha value is -1.57. The quantitative estimate of drug-likeness (QED) is 0.485. The van der Waals surface area contributed by atoms with Crippen LogP contribution in [-0.4, -0.2) is 5.71 Å². The topological polar surface area (TPSA) is 49.9 Å². The number of nitrogens with one attached hydrogen (secondary N) is 1. The molecule has 0 heterocycles. The van der Waals surface area contributed by atoms with Crippen molar-refractivity contribution in [3.63, 3.8) is 0 Å². The summed E-state index contributed by atoms with van der Waals surface area (Å²) in [6.07, 6.45) is 1.49. The smallest absolute Gasteiger partial charge is 0.0607 e. The van der Waals surface area contributed by atoms with E-state index in [1.165, 1.54) is 6.08 Å². The van der Waals surface area contributed by atoms with Crippen LogP contribution in [0.15, 0.2) is 36.9 Å². The Morgan fingerprint density at radius 1 is 1.55 bits per heavy atom. The molecule has 2 heteroatoms. The number of hydrogen-bond donors (Lipinski definition) is 2. The molecule has 0 bridgehead atoms. The number of benzene rings is 1. The number of nitrogens with two attached hydrogens (primary N) is 1. The summed E-state index contributed by atoms with van der Waals surface area (Å²) >= 11 is 0. The van der Waals surface area contributed by atoms with E-state index in [1.807, 2.05) is 12.1 Å². The third kappa shape index (κ3) is 1.67. The number of anilines is 1. The van der Waals surface area contributed by atoms with Crippen LogP contribution in [0.3, 0.4) is 0 Å². The molecule has 3 N–H and O–H groups in total. The maximum Gasteiger partial charge on any atom is 0.0607 e. The van der Waals surface area contributed by atoms with E-state index in [2.05, 4.69) is 6.58 Å². The molecule has 0 saturated heterocycles. The van der Waals surface area contributed by atoms with Gasteiger partial charge in [-0.25, -0.2) is 0 Å². The van der Waals surface area contributed by atoms with Crippen LogP contribution in [0, 0.1) is 5.41 Å². The highest BCUT2D eigenvalue weighted by Crippen LogP contribution is 2.06. The lowest BCUT2D eigenvalue weighted by Gasteiger charge is -1.98. The van der Waals surface area contributed by atoms with Crippen molar-refractivity contribution in [1.29, 1.82) is 5.41 Å². The zero-order valence-electron chi connectivity index (χ0n) is 6.17. The van der Waals surface area contributed by atoms with Crippen LogP contribution in [0.1, 0.15) is 5.56 Å². The molecule has 0 fully saturated rings. The molecule has 1 rings (SSSR count). The van der Waals surface area contributed by atoms with Crippen molar-refractivity contribution < 1.29 is 0 Å². The van der Waals surface area contributed by atoms with Gasteiger partial charge in [-0.3, -0.25) is 0 Å². The Morgan fingerprint density at radius 2 is 2.27 bits per heavy atom. The highest BCUT2D eigenvalue weighted by Gasteiger charge is 1.94. The molecule has 1 aromatic carbocycles. The molecule has 1 aromatic rings. The van der Waals surface area contributed by atoms with Crippen molar-refractivity contribution >= 4 is 11.4 Å². The van der Waals surface area contributed by atoms with Gasteiger partial charge in [-0.15, -0.1) is 0 Å². The second-order valence-electron chi connectivity index (χ2n) is 2.24. The SMILES string of the molecule is C=CC(=N)c1cccc(N)c1. The third-order valence-corrected chi connectivity index (χ3v) is 1.40. The summed E-state index contributed by atoms with van der Waals surface area (Å²) in [7, 11) is 0. The Morgan fingerprint density at radius 3 is 2.82 bits per heavy atom. The minimum atomic E-state index is 0.400. The summed E-state index contributed by atoms with van der Waals surface area (Å²) in [6.45, 7) is 3.50. The van der Waals surface area contributed by atoms with Crippen LogP contribution >= 0.6 is 0 Å². The minimum Gasteiger partial charge on any atom is -0.399 e. The van der Waals surface area contributed by atoms with Gasteiger partial charge in [0.05, 0.1) is 5.71 Å². The van der Waals surface area contributed by atoms with Gasteiger partial charge in [-0.05, 0) is 18.2 Å². The molecule has 0 saturated carbocycles. The number of hydrogen-bond acceptors (Lipinski definition) is 2. The van der Waals surface area contributed by atoms with Gasteiger partial charge in [0, 0.05) is 11.3 Å². The van der Waals surface area contributed by atoms with E-state index in [0.29, 0.717) is 11.4 Å². The summed E-state index contributed by atoms with van der Waals surface area (Å²) < 4.78 is 0. The van der Waals surface area contributed by atoms with Gasteiger partial charge >= 0.3 is 0 Å². The first-order chi connectivity index (χ1) is 5.24. The molecule has 56 valence electrons.